The Bertz CT molecular complexity index is 143. The zero-order chi connectivity index (χ0) is 9.19. The van der Waals surface area contributed by atoms with Crippen molar-refractivity contribution in [3.63, 3.8) is 0 Å². The first-order valence-corrected chi connectivity index (χ1v) is 4.55. The van der Waals surface area contributed by atoms with Crippen molar-refractivity contribution in [1.82, 2.24) is 5.32 Å². The SMILES string of the molecule is COC(C)C(C)(O)CNC1CC1. The second-order valence-electron chi connectivity index (χ2n) is 3.89. The molecule has 0 spiro atoms. The van der Waals surface area contributed by atoms with Crippen molar-refractivity contribution >= 4 is 0 Å². The first-order chi connectivity index (χ1) is 5.56. The number of hydrogen-bond acceptors (Lipinski definition) is 3. The summed E-state index contributed by atoms with van der Waals surface area (Å²) in [4.78, 5) is 0. The van der Waals surface area contributed by atoms with Gasteiger partial charge in [0.25, 0.3) is 0 Å². The van der Waals surface area contributed by atoms with Gasteiger partial charge in [-0.3, -0.25) is 0 Å². The van der Waals surface area contributed by atoms with Gasteiger partial charge in [-0.25, -0.2) is 0 Å². The summed E-state index contributed by atoms with van der Waals surface area (Å²) in [6, 6.07) is 0.639. The zero-order valence-electron chi connectivity index (χ0n) is 8.13. The normalized spacial score (nSPS) is 25.0. The molecule has 0 amide bonds. The summed E-state index contributed by atoms with van der Waals surface area (Å²) in [5.74, 6) is 0. The molecule has 1 rings (SSSR count). The molecule has 0 aliphatic heterocycles. The van der Waals surface area contributed by atoms with Crippen LogP contribution in [0.15, 0.2) is 0 Å². The number of aliphatic hydroxyl groups is 1. The van der Waals surface area contributed by atoms with Crippen LogP contribution < -0.4 is 5.32 Å². The minimum Gasteiger partial charge on any atom is -0.386 e. The van der Waals surface area contributed by atoms with E-state index in [0.717, 1.165) is 0 Å². The first-order valence-electron chi connectivity index (χ1n) is 4.55. The average molecular weight is 173 g/mol. The molecule has 3 nitrogen and oxygen atoms in total. The summed E-state index contributed by atoms with van der Waals surface area (Å²) in [7, 11) is 1.62. The molecule has 0 aromatic heterocycles. The molecule has 72 valence electrons. The summed E-state index contributed by atoms with van der Waals surface area (Å²) < 4.78 is 5.08. The number of hydrogen-bond donors (Lipinski definition) is 2. The molecule has 2 atom stereocenters. The Hall–Kier alpha value is -0.120. The van der Waals surface area contributed by atoms with Gasteiger partial charge in [0.2, 0.25) is 0 Å². The van der Waals surface area contributed by atoms with Gasteiger partial charge in [0.15, 0.2) is 0 Å². The lowest BCUT2D eigenvalue weighted by molar-refractivity contribution is -0.0705. The van der Waals surface area contributed by atoms with Crippen LogP contribution in [0, 0.1) is 0 Å². The van der Waals surface area contributed by atoms with E-state index in [2.05, 4.69) is 5.32 Å². The molecule has 3 heteroatoms. The zero-order valence-corrected chi connectivity index (χ0v) is 8.13. The van der Waals surface area contributed by atoms with E-state index in [1.165, 1.54) is 12.8 Å². The van der Waals surface area contributed by atoms with E-state index in [1.807, 2.05) is 6.92 Å². The highest BCUT2D eigenvalue weighted by Gasteiger charge is 2.31. The molecule has 12 heavy (non-hydrogen) atoms. The summed E-state index contributed by atoms with van der Waals surface area (Å²) >= 11 is 0. The third-order valence-electron chi connectivity index (χ3n) is 2.56. The van der Waals surface area contributed by atoms with Crippen LogP contribution in [-0.4, -0.2) is 36.5 Å². The Kier molecular flexibility index (Phi) is 3.09. The van der Waals surface area contributed by atoms with Gasteiger partial charge in [0.05, 0.1) is 6.10 Å². The maximum atomic E-state index is 9.87. The van der Waals surface area contributed by atoms with E-state index in [-0.39, 0.29) is 6.10 Å². The highest BCUT2D eigenvalue weighted by molar-refractivity contribution is 4.88. The molecule has 1 saturated carbocycles. The summed E-state index contributed by atoms with van der Waals surface area (Å²) in [6.45, 7) is 4.30. The van der Waals surface area contributed by atoms with E-state index in [0.29, 0.717) is 12.6 Å². The molecule has 2 unspecified atom stereocenters. The van der Waals surface area contributed by atoms with Crippen LogP contribution in [0.25, 0.3) is 0 Å². The third-order valence-corrected chi connectivity index (χ3v) is 2.56. The van der Waals surface area contributed by atoms with Crippen molar-refractivity contribution in [2.45, 2.75) is 44.4 Å². The molecule has 0 heterocycles. The number of rotatable bonds is 5. The van der Waals surface area contributed by atoms with Gasteiger partial charge in [-0.15, -0.1) is 0 Å². The Morgan fingerprint density at radius 2 is 2.25 bits per heavy atom. The number of nitrogens with one attached hydrogen (secondary N) is 1. The quantitative estimate of drug-likeness (QED) is 0.637. The molecule has 1 aliphatic carbocycles. The van der Waals surface area contributed by atoms with Gasteiger partial charge in [-0.2, -0.15) is 0 Å². The molecule has 0 aromatic carbocycles. The predicted molar refractivity (Wildman–Crippen MR) is 48.1 cm³/mol. The largest absolute Gasteiger partial charge is 0.386 e. The van der Waals surface area contributed by atoms with Crippen molar-refractivity contribution in [3.05, 3.63) is 0 Å². The van der Waals surface area contributed by atoms with Crippen molar-refractivity contribution in [1.29, 1.82) is 0 Å². The standard InChI is InChI=1S/C9H19NO2/c1-7(12-3)9(2,11)6-10-8-4-5-8/h7-8,10-11H,4-6H2,1-3H3. The van der Waals surface area contributed by atoms with Crippen LogP contribution in [0.1, 0.15) is 26.7 Å². The topological polar surface area (TPSA) is 41.5 Å². The van der Waals surface area contributed by atoms with Crippen LogP contribution >= 0.6 is 0 Å². The second-order valence-corrected chi connectivity index (χ2v) is 3.89. The van der Waals surface area contributed by atoms with E-state index < -0.39 is 5.60 Å². The molecular weight excluding hydrogens is 154 g/mol. The first kappa shape index (κ1) is 9.96. The van der Waals surface area contributed by atoms with Gasteiger partial charge in [-0.1, -0.05) is 0 Å². The van der Waals surface area contributed by atoms with Crippen LogP contribution in [0.3, 0.4) is 0 Å². The lowest BCUT2D eigenvalue weighted by atomic mass is 10.0. The van der Waals surface area contributed by atoms with Crippen LogP contribution in [0.4, 0.5) is 0 Å². The van der Waals surface area contributed by atoms with Crippen molar-refractivity contribution < 1.29 is 9.84 Å². The molecular formula is C9H19NO2. The highest BCUT2D eigenvalue weighted by atomic mass is 16.5. The lowest BCUT2D eigenvalue weighted by Crippen LogP contribution is -2.47. The fraction of sp³-hybridized carbons (Fsp3) is 1.00. The lowest BCUT2D eigenvalue weighted by Gasteiger charge is -2.29. The third kappa shape index (κ3) is 2.73. The Labute approximate surface area is 74.1 Å². The molecule has 0 radical (unpaired) electrons. The molecule has 0 bridgehead atoms. The van der Waals surface area contributed by atoms with Crippen molar-refractivity contribution in [2.75, 3.05) is 13.7 Å². The van der Waals surface area contributed by atoms with E-state index in [9.17, 15) is 5.11 Å². The minimum atomic E-state index is -0.753. The van der Waals surface area contributed by atoms with Gasteiger partial charge in [0, 0.05) is 19.7 Å². The molecule has 1 aliphatic rings. The van der Waals surface area contributed by atoms with Crippen LogP contribution in [-0.2, 0) is 4.74 Å². The fourth-order valence-corrected chi connectivity index (χ4v) is 1.04. The van der Waals surface area contributed by atoms with Gasteiger partial charge < -0.3 is 15.2 Å². The summed E-state index contributed by atoms with van der Waals surface area (Å²) in [6.07, 6.45) is 2.37. The maximum absolute atomic E-state index is 9.87. The van der Waals surface area contributed by atoms with Gasteiger partial charge >= 0.3 is 0 Å². The van der Waals surface area contributed by atoms with E-state index in [1.54, 1.807) is 14.0 Å². The molecule has 2 N–H and O–H groups in total. The van der Waals surface area contributed by atoms with Gasteiger partial charge in [0.1, 0.15) is 5.60 Å². The Morgan fingerprint density at radius 3 is 2.67 bits per heavy atom. The molecule has 0 aromatic rings. The minimum absolute atomic E-state index is 0.122. The fourth-order valence-electron chi connectivity index (χ4n) is 1.04. The Balaban J connectivity index is 2.24. The second kappa shape index (κ2) is 3.73. The van der Waals surface area contributed by atoms with Gasteiger partial charge in [-0.05, 0) is 26.7 Å². The Morgan fingerprint density at radius 1 is 1.67 bits per heavy atom. The predicted octanol–water partition coefficient (Wildman–Crippen LogP) is 0.524. The molecule has 0 saturated heterocycles. The smallest absolute Gasteiger partial charge is 0.100 e. The average Bonchev–Trinajstić information content (AvgIpc) is 2.82. The van der Waals surface area contributed by atoms with Crippen LogP contribution in [0.5, 0.6) is 0 Å². The van der Waals surface area contributed by atoms with E-state index in [4.69, 9.17) is 4.74 Å². The van der Waals surface area contributed by atoms with Crippen molar-refractivity contribution in [3.8, 4) is 0 Å². The molecule has 1 fully saturated rings. The number of ether oxygens (including phenoxy) is 1. The monoisotopic (exact) mass is 173 g/mol. The van der Waals surface area contributed by atoms with E-state index >= 15 is 0 Å². The summed E-state index contributed by atoms with van der Waals surface area (Å²) in [5, 5.41) is 13.2. The maximum Gasteiger partial charge on any atom is 0.100 e. The van der Waals surface area contributed by atoms with Crippen molar-refractivity contribution in [2.24, 2.45) is 0 Å². The summed E-state index contributed by atoms with van der Waals surface area (Å²) in [5.41, 5.74) is -0.753. The number of methoxy groups -OCH3 is 1. The van der Waals surface area contributed by atoms with Crippen LogP contribution in [0.2, 0.25) is 0 Å². The highest BCUT2D eigenvalue weighted by Crippen LogP contribution is 2.20.